The molecule has 0 aromatic heterocycles. The first kappa shape index (κ1) is 14.9. The van der Waals surface area contributed by atoms with Gasteiger partial charge in [0, 0.05) is 23.5 Å². The Kier molecular flexibility index (Phi) is 3.64. The number of hydrogen-bond donors (Lipinski definition) is 0. The normalized spacial score (nSPS) is 14.8. The smallest absolute Gasteiger partial charge is 0.308 e. The molecule has 21 heavy (non-hydrogen) atoms. The van der Waals surface area contributed by atoms with E-state index < -0.39 is 17.2 Å². The van der Waals surface area contributed by atoms with Gasteiger partial charge >= 0.3 is 5.97 Å². The third-order valence-electron chi connectivity index (χ3n) is 3.48. The van der Waals surface area contributed by atoms with Crippen LogP contribution >= 0.6 is 0 Å². The van der Waals surface area contributed by atoms with Crippen LogP contribution in [0.15, 0.2) is 48.3 Å². The standard InChI is InChI=1S/C17H16O4/c1-5-17(3,4)13-14(19)11-8-6-7-9-12(11)15(20)16(13)21-10(2)18/h5-9H,1H2,2-4H3. The molecule has 2 rings (SSSR count). The third kappa shape index (κ3) is 2.44. The maximum Gasteiger partial charge on any atom is 0.308 e. The molecule has 0 unspecified atom stereocenters. The molecule has 1 aliphatic carbocycles. The first-order chi connectivity index (χ1) is 9.79. The van der Waals surface area contributed by atoms with Crippen LogP contribution < -0.4 is 0 Å². The number of esters is 1. The second-order valence-electron chi connectivity index (χ2n) is 5.43. The first-order valence-corrected chi connectivity index (χ1v) is 6.54. The summed E-state index contributed by atoms with van der Waals surface area (Å²) >= 11 is 0. The number of carbonyl (C=O) groups excluding carboxylic acids is 3. The van der Waals surface area contributed by atoms with Crippen LogP contribution in [0, 0.1) is 5.41 Å². The predicted octanol–water partition coefficient (Wildman–Crippen LogP) is 3.10. The zero-order valence-corrected chi connectivity index (χ0v) is 12.2. The summed E-state index contributed by atoms with van der Waals surface area (Å²) in [6.45, 7) is 8.39. The lowest BCUT2D eigenvalue weighted by molar-refractivity contribution is -0.136. The molecule has 0 aliphatic heterocycles. The van der Waals surface area contributed by atoms with Crippen LogP contribution in [0.1, 0.15) is 41.5 Å². The zero-order chi connectivity index (χ0) is 15.8. The first-order valence-electron chi connectivity index (χ1n) is 6.54. The van der Waals surface area contributed by atoms with Gasteiger partial charge in [0.1, 0.15) is 0 Å². The van der Waals surface area contributed by atoms with Crippen molar-refractivity contribution in [2.24, 2.45) is 5.41 Å². The van der Waals surface area contributed by atoms with Crippen molar-refractivity contribution in [3.05, 3.63) is 59.4 Å². The number of fused-ring (bicyclic) bond motifs is 1. The number of benzene rings is 1. The quantitative estimate of drug-likeness (QED) is 0.632. The van der Waals surface area contributed by atoms with Gasteiger partial charge < -0.3 is 4.74 Å². The molecule has 0 bridgehead atoms. The van der Waals surface area contributed by atoms with Crippen LogP contribution in [0.5, 0.6) is 0 Å². The summed E-state index contributed by atoms with van der Waals surface area (Å²) in [6, 6.07) is 6.51. The highest BCUT2D eigenvalue weighted by atomic mass is 16.5. The molecule has 0 amide bonds. The van der Waals surface area contributed by atoms with Crippen molar-refractivity contribution < 1.29 is 19.1 Å². The Morgan fingerprint density at radius 3 is 2.14 bits per heavy atom. The van der Waals surface area contributed by atoms with Gasteiger partial charge in [-0.1, -0.05) is 44.2 Å². The van der Waals surface area contributed by atoms with Crippen LogP contribution in [-0.4, -0.2) is 17.5 Å². The molecule has 0 atom stereocenters. The van der Waals surface area contributed by atoms with E-state index >= 15 is 0 Å². The number of ketones is 2. The second-order valence-corrected chi connectivity index (χ2v) is 5.43. The van der Waals surface area contributed by atoms with E-state index in [0.29, 0.717) is 5.56 Å². The Morgan fingerprint density at radius 2 is 1.67 bits per heavy atom. The van der Waals surface area contributed by atoms with Crippen molar-refractivity contribution in [1.82, 2.24) is 0 Å². The number of Topliss-reactive ketones (excluding diaryl/α,β-unsaturated/α-hetero) is 2. The molecular formula is C17H16O4. The molecule has 108 valence electrons. The molecule has 1 aromatic rings. The number of hydrogen-bond acceptors (Lipinski definition) is 4. The summed E-state index contributed by atoms with van der Waals surface area (Å²) in [5, 5.41) is 0. The fourth-order valence-electron chi connectivity index (χ4n) is 2.28. The molecule has 0 saturated carbocycles. The van der Waals surface area contributed by atoms with E-state index in [9.17, 15) is 14.4 Å². The molecule has 4 heteroatoms. The average molecular weight is 284 g/mol. The number of carbonyl (C=O) groups is 3. The third-order valence-corrected chi connectivity index (χ3v) is 3.48. The Balaban J connectivity index is 2.75. The van der Waals surface area contributed by atoms with E-state index in [-0.39, 0.29) is 22.7 Å². The number of ether oxygens (including phenoxy) is 1. The van der Waals surface area contributed by atoms with Gasteiger partial charge in [0.25, 0.3) is 0 Å². The highest BCUT2D eigenvalue weighted by Crippen LogP contribution is 2.38. The molecule has 1 aromatic carbocycles. The maximum atomic E-state index is 12.7. The summed E-state index contributed by atoms with van der Waals surface area (Å²) in [5.41, 5.74) is -0.0486. The molecule has 0 fully saturated rings. The number of rotatable bonds is 3. The SMILES string of the molecule is C=CC(C)(C)C1=C(OC(C)=O)C(=O)c2ccccc2C1=O. The molecule has 0 heterocycles. The summed E-state index contributed by atoms with van der Waals surface area (Å²) in [7, 11) is 0. The van der Waals surface area contributed by atoms with E-state index in [1.807, 2.05) is 0 Å². The lowest BCUT2D eigenvalue weighted by Gasteiger charge is -2.29. The van der Waals surface area contributed by atoms with Crippen molar-refractivity contribution in [2.75, 3.05) is 0 Å². The lowest BCUT2D eigenvalue weighted by atomic mass is 9.74. The van der Waals surface area contributed by atoms with Crippen molar-refractivity contribution >= 4 is 17.5 Å². The van der Waals surface area contributed by atoms with Gasteiger partial charge in [-0.3, -0.25) is 14.4 Å². The van der Waals surface area contributed by atoms with Gasteiger partial charge in [-0.25, -0.2) is 0 Å². The largest absolute Gasteiger partial charge is 0.422 e. The number of allylic oxidation sites excluding steroid dienone is 3. The van der Waals surface area contributed by atoms with E-state index in [4.69, 9.17) is 4.74 Å². The summed E-state index contributed by atoms with van der Waals surface area (Å²) in [6.07, 6.45) is 1.56. The van der Waals surface area contributed by atoms with Crippen LogP contribution in [0.2, 0.25) is 0 Å². The van der Waals surface area contributed by atoms with E-state index in [1.165, 1.54) is 6.92 Å². The van der Waals surface area contributed by atoms with Gasteiger partial charge in [-0.05, 0) is 0 Å². The molecule has 0 spiro atoms. The fourth-order valence-corrected chi connectivity index (χ4v) is 2.28. The van der Waals surface area contributed by atoms with Crippen LogP contribution in [-0.2, 0) is 9.53 Å². The predicted molar refractivity (Wildman–Crippen MR) is 77.9 cm³/mol. The molecule has 0 radical (unpaired) electrons. The van der Waals surface area contributed by atoms with Gasteiger partial charge in [-0.2, -0.15) is 0 Å². The van der Waals surface area contributed by atoms with Gasteiger partial charge in [0.15, 0.2) is 11.5 Å². The Morgan fingerprint density at radius 1 is 1.14 bits per heavy atom. The zero-order valence-electron chi connectivity index (χ0n) is 12.2. The molecular weight excluding hydrogens is 268 g/mol. The lowest BCUT2D eigenvalue weighted by Crippen LogP contribution is -2.31. The average Bonchev–Trinajstić information content (AvgIpc) is 2.44. The van der Waals surface area contributed by atoms with Crippen LogP contribution in [0.25, 0.3) is 0 Å². The minimum absolute atomic E-state index is 0.163. The highest BCUT2D eigenvalue weighted by Gasteiger charge is 2.40. The van der Waals surface area contributed by atoms with Crippen LogP contribution in [0.4, 0.5) is 0 Å². The van der Waals surface area contributed by atoms with Crippen molar-refractivity contribution in [1.29, 1.82) is 0 Å². The molecule has 0 saturated heterocycles. The van der Waals surface area contributed by atoms with Crippen molar-refractivity contribution in [2.45, 2.75) is 20.8 Å². The minimum atomic E-state index is -0.787. The Hall–Kier alpha value is -2.49. The molecule has 0 N–H and O–H groups in total. The topological polar surface area (TPSA) is 60.4 Å². The maximum absolute atomic E-state index is 12.7. The van der Waals surface area contributed by atoms with Crippen molar-refractivity contribution in [3.63, 3.8) is 0 Å². The minimum Gasteiger partial charge on any atom is -0.422 e. The summed E-state index contributed by atoms with van der Waals surface area (Å²) in [4.78, 5) is 36.6. The molecule has 1 aliphatic rings. The van der Waals surface area contributed by atoms with Gasteiger partial charge in [-0.15, -0.1) is 6.58 Å². The van der Waals surface area contributed by atoms with Gasteiger partial charge in [0.2, 0.25) is 5.78 Å². The Labute approximate surface area is 123 Å². The Bertz CT molecular complexity index is 692. The molecule has 4 nitrogen and oxygen atoms in total. The van der Waals surface area contributed by atoms with E-state index in [2.05, 4.69) is 6.58 Å². The van der Waals surface area contributed by atoms with E-state index in [0.717, 1.165) is 0 Å². The van der Waals surface area contributed by atoms with Crippen LogP contribution in [0.3, 0.4) is 0 Å². The fraction of sp³-hybridized carbons (Fsp3) is 0.235. The summed E-state index contributed by atoms with van der Waals surface area (Å²) in [5.74, 6) is -1.60. The monoisotopic (exact) mass is 284 g/mol. The summed E-state index contributed by atoms with van der Waals surface area (Å²) < 4.78 is 5.05. The van der Waals surface area contributed by atoms with E-state index in [1.54, 1.807) is 44.2 Å². The second kappa shape index (κ2) is 5.13. The van der Waals surface area contributed by atoms with Crippen molar-refractivity contribution in [3.8, 4) is 0 Å². The highest BCUT2D eigenvalue weighted by molar-refractivity contribution is 6.27. The van der Waals surface area contributed by atoms with Gasteiger partial charge in [0.05, 0.1) is 5.57 Å².